The lowest BCUT2D eigenvalue weighted by Crippen LogP contribution is -1.98. The summed E-state index contributed by atoms with van der Waals surface area (Å²) in [6.45, 7) is 3.47. The van der Waals surface area contributed by atoms with Gasteiger partial charge in [0.1, 0.15) is 5.76 Å². The number of hydrogen-bond acceptors (Lipinski definition) is 2. The minimum atomic E-state index is -0.890. The molecule has 1 aromatic heterocycles. The van der Waals surface area contributed by atoms with Gasteiger partial charge in [0.25, 0.3) is 0 Å². The van der Waals surface area contributed by atoms with Gasteiger partial charge in [-0.15, -0.1) is 0 Å². The molecule has 0 amide bonds. The van der Waals surface area contributed by atoms with Crippen molar-refractivity contribution in [2.45, 2.75) is 19.8 Å². The average Bonchev–Trinajstić information content (AvgIpc) is 2.55. The van der Waals surface area contributed by atoms with Crippen molar-refractivity contribution in [1.29, 1.82) is 0 Å². The van der Waals surface area contributed by atoms with Gasteiger partial charge in [0, 0.05) is 11.5 Å². The van der Waals surface area contributed by atoms with Crippen LogP contribution in [0.25, 0.3) is 0 Å². The predicted molar refractivity (Wildman–Crippen MR) is 48.5 cm³/mol. The number of hydrogen-bond donors (Lipinski definition) is 1. The van der Waals surface area contributed by atoms with Crippen LogP contribution >= 0.6 is 0 Å². The van der Waals surface area contributed by atoms with Gasteiger partial charge in [0.2, 0.25) is 0 Å². The predicted octanol–water partition coefficient (Wildman–Crippen LogP) is 2.41. The fourth-order valence-electron chi connectivity index (χ4n) is 1.08. The van der Waals surface area contributed by atoms with Crippen LogP contribution in [0.2, 0.25) is 0 Å². The Hall–Kier alpha value is -1.51. The Labute approximate surface area is 76.7 Å². The molecule has 0 aliphatic rings. The van der Waals surface area contributed by atoms with Crippen molar-refractivity contribution in [3.8, 4) is 0 Å². The number of aliphatic carboxylic acids is 1. The molecule has 0 saturated carbocycles. The van der Waals surface area contributed by atoms with Crippen molar-refractivity contribution in [1.82, 2.24) is 0 Å². The molecule has 0 spiro atoms. The first kappa shape index (κ1) is 9.58. The van der Waals surface area contributed by atoms with Crippen LogP contribution in [0.1, 0.15) is 25.5 Å². The summed E-state index contributed by atoms with van der Waals surface area (Å²) >= 11 is 0. The molecule has 1 aromatic rings. The second-order valence-corrected chi connectivity index (χ2v) is 2.96. The standard InChI is InChI=1S/C10H12O3/c1-7(6-8(2)10(11)12)9-4-3-5-13-9/h3-7H,1-2H3,(H,11,12). The lowest BCUT2D eigenvalue weighted by Gasteiger charge is -2.02. The van der Waals surface area contributed by atoms with Crippen molar-refractivity contribution in [2.24, 2.45) is 0 Å². The Morgan fingerprint density at radius 1 is 1.69 bits per heavy atom. The molecule has 0 fully saturated rings. The van der Waals surface area contributed by atoms with Crippen molar-refractivity contribution in [3.63, 3.8) is 0 Å². The maximum absolute atomic E-state index is 10.5. The Kier molecular flexibility index (Phi) is 2.90. The summed E-state index contributed by atoms with van der Waals surface area (Å²) < 4.78 is 5.14. The number of furan rings is 1. The quantitative estimate of drug-likeness (QED) is 0.726. The van der Waals surface area contributed by atoms with Crippen LogP contribution in [-0.4, -0.2) is 11.1 Å². The molecule has 0 aliphatic heterocycles. The number of carboxylic acids is 1. The average molecular weight is 180 g/mol. The summed E-state index contributed by atoms with van der Waals surface area (Å²) in [4.78, 5) is 10.5. The molecule has 0 aliphatic carbocycles. The van der Waals surface area contributed by atoms with Crippen LogP contribution in [0.4, 0.5) is 0 Å². The van der Waals surface area contributed by atoms with Gasteiger partial charge in [-0.2, -0.15) is 0 Å². The van der Waals surface area contributed by atoms with Crippen LogP contribution in [-0.2, 0) is 4.79 Å². The molecular weight excluding hydrogens is 168 g/mol. The third-order valence-electron chi connectivity index (χ3n) is 1.83. The molecule has 3 heteroatoms. The monoisotopic (exact) mass is 180 g/mol. The number of carbonyl (C=O) groups is 1. The smallest absolute Gasteiger partial charge is 0.330 e. The van der Waals surface area contributed by atoms with Crippen LogP contribution in [0.5, 0.6) is 0 Å². The van der Waals surface area contributed by atoms with Gasteiger partial charge in [-0.25, -0.2) is 4.79 Å². The van der Waals surface area contributed by atoms with Crippen molar-refractivity contribution < 1.29 is 14.3 Å². The summed E-state index contributed by atoms with van der Waals surface area (Å²) in [5.41, 5.74) is 0.337. The summed E-state index contributed by atoms with van der Waals surface area (Å²) in [7, 11) is 0. The minimum absolute atomic E-state index is 0.00565. The molecule has 1 rings (SSSR count). The van der Waals surface area contributed by atoms with Gasteiger partial charge in [0.15, 0.2) is 0 Å². The highest BCUT2D eigenvalue weighted by Gasteiger charge is 2.07. The van der Waals surface area contributed by atoms with E-state index in [1.54, 1.807) is 25.3 Å². The topological polar surface area (TPSA) is 50.4 Å². The summed E-state index contributed by atoms with van der Waals surface area (Å²) in [5.74, 6) is -0.106. The zero-order valence-corrected chi connectivity index (χ0v) is 7.65. The minimum Gasteiger partial charge on any atom is -0.478 e. The molecule has 1 heterocycles. The number of rotatable bonds is 3. The van der Waals surface area contributed by atoms with Gasteiger partial charge in [-0.1, -0.05) is 13.0 Å². The van der Waals surface area contributed by atoms with Crippen LogP contribution in [0, 0.1) is 0 Å². The molecular formula is C10H12O3. The van der Waals surface area contributed by atoms with Gasteiger partial charge in [-0.3, -0.25) is 0 Å². The molecule has 70 valence electrons. The Morgan fingerprint density at radius 3 is 2.85 bits per heavy atom. The van der Waals surface area contributed by atoms with Gasteiger partial charge in [-0.05, 0) is 19.1 Å². The van der Waals surface area contributed by atoms with E-state index in [0.717, 1.165) is 5.76 Å². The van der Waals surface area contributed by atoms with E-state index in [4.69, 9.17) is 9.52 Å². The molecule has 0 aromatic carbocycles. The van der Waals surface area contributed by atoms with E-state index in [2.05, 4.69) is 0 Å². The van der Waals surface area contributed by atoms with E-state index < -0.39 is 5.97 Å². The van der Waals surface area contributed by atoms with E-state index in [1.807, 2.05) is 13.0 Å². The second-order valence-electron chi connectivity index (χ2n) is 2.96. The van der Waals surface area contributed by atoms with Gasteiger partial charge in [0.05, 0.1) is 6.26 Å². The molecule has 1 unspecified atom stereocenters. The summed E-state index contributed by atoms with van der Waals surface area (Å²) in [5, 5.41) is 8.63. The number of carboxylic acid groups (broad SMARTS) is 1. The number of allylic oxidation sites excluding steroid dienone is 1. The SMILES string of the molecule is CC(=CC(C)c1ccco1)C(=O)O. The third kappa shape index (κ3) is 2.47. The second kappa shape index (κ2) is 3.94. The van der Waals surface area contributed by atoms with Crippen LogP contribution in [0.3, 0.4) is 0 Å². The lowest BCUT2D eigenvalue weighted by atomic mass is 10.1. The van der Waals surface area contributed by atoms with E-state index >= 15 is 0 Å². The van der Waals surface area contributed by atoms with E-state index in [1.165, 1.54) is 0 Å². The highest BCUT2D eigenvalue weighted by molar-refractivity contribution is 5.85. The Morgan fingerprint density at radius 2 is 2.38 bits per heavy atom. The normalized spacial score (nSPS) is 14.2. The zero-order valence-electron chi connectivity index (χ0n) is 7.65. The molecule has 1 N–H and O–H groups in total. The summed E-state index contributed by atoms with van der Waals surface area (Å²) in [6.07, 6.45) is 3.25. The van der Waals surface area contributed by atoms with E-state index in [-0.39, 0.29) is 5.92 Å². The zero-order chi connectivity index (χ0) is 9.84. The Bertz CT molecular complexity index is 309. The first-order valence-corrected chi connectivity index (χ1v) is 4.06. The largest absolute Gasteiger partial charge is 0.478 e. The lowest BCUT2D eigenvalue weighted by molar-refractivity contribution is -0.132. The molecule has 0 saturated heterocycles. The van der Waals surface area contributed by atoms with Crippen molar-refractivity contribution >= 4 is 5.97 Å². The maximum atomic E-state index is 10.5. The highest BCUT2D eigenvalue weighted by Crippen LogP contribution is 2.18. The molecule has 1 atom stereocenters. The maximum Gasteiger partial charge on any atom is 0.330 e. The van der Waals surface area contributed by atoms with Gasteiger partial charge < -0.3 is 9.52 Å². The molecule has 0 bridgehead atoms. The highest BCUT2D eigenvalue weighted by atomic mass is 16.4. The molecule has 0 radical (unpaired) electrons. The molecule has 13 heavy (non-hydrogen) atoms. The van der Waals surface area contributed by atoms with Gasteiger partial charge >= 0.3 is 5.97 Å². The van der Waals surface area contributed by atoms with Crippen LogP contribution < -0.4 is 0 Å². The van der Waals surface area contributed by atoms with E-state index in [9.17, 15) is 4.79 Å². The first-order chi connectivity index (χ1) is 6.11. The van der Waals surface area contributed by atoms with Crippen LogP contribution in [0.15, 0.2) is 34.5 Å². The summed E-state index contributed by atoms with van der Waals surface area (Å²) in [6, 6.07) is 3.62. The third-order valence-corrected chi connectivity index (χ3v) is 1.83. The molecule has 3 nitrogen and oxygen atoms in total. The Balaban J connectivity index is 2.76. The fraction of sp³-hybridized carbons (Fsp3) is 0.300. The fourth-order valence-corrected chi connectivity index (χ4v) is 1.08. The van der Waals surface area contributed by atoms with Crippen molar-refractivity contribution in [2.75, 3.05) is 0 Å². The van der Waals surface area contributed by atoms with Crippen molar-refractivity contribution in [3.05, 3.63) is 35.8 Å². The van der Waals surface area contributed by atoms with E-state index in [0.29, 0.717) is 5.57 Å². The first-order valence-electron chi connectivity index (χ1n) is 4.06.